The van der Waals surface area contributed by atoms with Gasteiger partial charge < -0.3 is 0 Å². The molecule has 0 saturated heterocycles. The van der Waals surface area contributed by atoms with Crippen LogP contribution >= 0.6 is 0 Å². The van der Waals surface area contributed by atoms with Crippen LogP contribution in [0.1, 0.15) is 57.7 Å². The van der Waals surface area contributed by atoms with E-state index >= 15 is 0 Å². The van der Waals surface area contributed by atoms with Gasteiger partial charge >= 0.3 is 0 Å². The van der Waals surface area contributed by atoms with Crippen molar-refractivity contribution in [3.05, 3.63) is 48.5 Å². The molecular formula is C19H29N2+. The lowest BCUT2D eigenvalue weighted by atomic mass is 10.1. The molecule has 0 atom stereocenters. The van der Waals surface area contributed by atoms with Gasteiger partial charge in [-0.2, -0.15) is 4.57 Å². The highest BCUT2D eigenvalue weighted by atomic mass is 15.1. The van der Waals surface area contributed by atoms with Crippen molar-refractivity contribution < 1.29 is 4.57 Å². The van der Waals surface area contributed by atoms with Crippen LogP contribution in [0.3, 0.4) is 0 Å². The Labute approximate surface area is 129 Å². The van der Waals surface area contributed by atoms with E-state index in [1.54, 1.807) is 0 Å². The molecule has 0 aliphatic rings. The third-order valence-corrected chi connectivity index (χ3v) is 4.16. The highest BCUT2D eigenvalue weighted by Gasteiger charge is 2.15. The second-order valence-electron chi connectivity index (χ2n) is 5.90. The summed E-state index contributed by atoms with van der Waals surface area (Å²) in [4.78, 5) is 0. The summed E-state index contributed by atoms with van der Waals surface area (Å²) in [6, 6.07) is 10.6. The van der Waals surface area contributed by atoms with Crippen LogP contribution in [-0.2, 0) is 13.5 Å². The summed E-state index contributed by atoms with van der Waals surface area (Å²) >= 11 is 0. The lowest BCUT2D eigenvalue weighted by Gasteiger charge is -2.03. The second kappa shape index (κ2) is 8.66. The zero-order chi connectivity index (χ0) is 14.9. The van der Waals surface area contributed by atoms with E-state index in [0.717, 1.165) is 6.42 Å². The highest BCUT2D eigenvalue weighted by Crippen LogP contribution is 2.13. The SMILES string of the molecule is CCCCCCCCCc1n(-c2ccccc2)cc[n+]1C. The van der Waals surface area contributed by atoms with Crippen LogP contribution in [0.4, 0.5) is 0 Å². The van der Waals surface area contributed by atoms with Crippen molar-refractivity contribution >= 4 is 0 Å². The van der Waals surface area contributed by atoms with Crippen molar-refractivity contribution in [3.8, 4) is 5.69 Å². The number of hydrogen-bond acceptors (Lipinski definition) is 0. The van der Waals surface area contributed by atoms with Gasteiger partial charge in [0.15, 0.2) is 0 Å². The molecule has 0 saturated carbocycles. The van der Waals surface area contributed by atoms with Crippen LogP contribution in [0.2, 0.25) is 0 Å². The van der Waals surface area contributed by atoms with Gasteiger partial charge in [0.1, 0.15) is 18.1 Å². The van der Waals surface area contributed by atoms with Crippen LogP contribution in [0.5, 0.6) is 0 Å². The summed E-state index contributed by atoms with van der Waals surface area (Å²) in [5, 5.41) is 0. The largest absolute Gasteiger partial charge is 0.261 e. The molecule has 21 heavy (non-hydrogen) atoms. The number of nitrogens with zero attached hydrogens (tertiary/aromatic N) is 2. The van der Waals surface area contributed by atoms with E-state index in [9.17, 15) is 0 Å². The fourth-order valence-electron chi connectivity index (χ4n) is 2.87. The number of benzene rings is 1. The predicted molar refractivity (Wildman–Crippen MR) is 88.6 cm³/mol. The lowest BCUT2D eigenvalue weighted by Crippen LogP contribution is -2.31. The first-order valence-corrected chi connectivity index (χ1v) is 8.44. The van der Waals surface area contributed by atoms with Gasteiger partial charge in [-0.3, -0.25) is 0 Å². The molecule has 114 valence electrons. The molecule has 1 aromatic heterocycles. The van der Waals surface area contributed by atoms with Gasteiger partial charge in [-0.1, -0.05) is 63.6 Å². The Balaban J connectivity index is 1.85. The van der Waals surface area contributed by atoms with Crippen molar-refractivity contribution in [2.75, 3.05) is 0 Å². The first kappa shape index (κ1) is 15.8. The van der Waals surface area contributed by atoms with Crippen LogP contribution in [0.25, 0.3) is 5.69 Å². The Bertz CT molecular complexity index is 514. The number of aryl methyl sites for hydroxylation is 1. The van der Waals surface area contributed by atoms with Crippen molar-refractivity contribution in [2.45, 2.75) is 58.3 Å². The molecule has 2 aromatic rings. The van der Waals surface area contributed by atoms with Crippen LogP contribution in [0.15, 0.2) is 42.7 Å². The van der Waals surface area contributed by atoms with E-state index in [2.05, 4.69) is 65.8 Å². The van der Waals surface area contributed by atoms with E-state index in [1.165, 1.54) is 56.5 Å². The van der Waals surface area contributed by atoms with Gasteiger partial charge in [0.2, 0.25) is 0 Å². The molecule has 1 aromatic carbocycles. The third-order valence-electron chi connectivity index (χ3n) is 4.16. The number of aromatic nitrogens is 2. The van der Waals surface area contributed by atoms with Gasteiger partial charge in [0.05, 0.1) is 7.05 Å². The van der Waals surface area contributed by atoms with Crippen LogP contribution in [0, 0.1) is 0 Å². The molecular weight excluding hydrogens is 256 g/mol. The Morgan fingerprint density at radius 3 is 2.29 bits per heavy atom. The standard InChI is InChI=1S/C19H29N2/c1-3-4-5-6-7-8-12-15-19-20(2)16-17-21(19)18-13-10-9-11-14-18/h9-11,13-14,16-17H,3-8,12,15H2,1-2H3/q+1. The van der Waals surface area contributed by atoms with Crippen LogP contribution in [-0.4, -0.2) is 4.57 Å². The van der Waals surface area contributed by atoms with Gasteiger partial charge in [-0.15, -0.1) is 0 Å². The number of unbranched alkanes of at least 4 members (excludes halogenated alkanes) is 6. The number of para-hydroxylation sites is 1. The molecule has 0 spiro atoms. The summed E-state index contributed by atoms with van der Waals surface area (Å²) in [7, 11) is 2.15. The topological polar surface area (TPSA) is 8.81 Å². The van der Waals surface area contributed by atoms with E-state index in [1.807, 2.05) is 0 Å². The minimum Gasteiger partial charge on any atom is -0.237 e. The molecule has 2 heteroatoms. The van der Waals surface area contributed by atoms with E-state index in [0.29, 0.717) is 0 Å². The molecule has 2 rings (SSSR count). The van der Waals surface area contributed by atoms with E-state index in [4.69, 9.17) is 0 Å². The molecule has 0 N–H and O–H groups in total. The molecule has 0 unspecified atom stereocenters. The molecule has 0 bridgehead atoms. The zero-order valence-electron chi connectivity index (χ0n) is 13.6. The summed E-state index contributed by atoms with van der Waals surface area (Å²) < 4.78 is 4.57. The van der Waals surface area contributed by atoms with Gasteiger partial charge in [0.25, 0.3) is 5.82 Å². The minimum absolute atomic E-state index is 1.16. The maximum Gasteiger partial charge on any atom is 0.261 e. The molecule has 0 aliphatic carbocycles. The minimum atomic E-state index is 1.16. The summed E-state index contributed by atoms with van der Waals surface area (Å²) in [5.41, 5.74) is 1.26. The second-order valence-corrected chi connectivity index (χ2v) is 5.90. The molecule has 0 aliphatic heterocycles. The molecule has 0 amide bonds. The van der Waals surface area contributed by atoms with Crippen molar-refractivity contribution in [1.82, 2.24) is 4.57 Å². The summed E-state index contributed by atoms with van der Waals surface area (Å²) in [6.07, 6.45) is 15.1. The smallest absolute Gasteiger partial charge is 0.237 e. The Morgan fingerprint density at radius 2 is 1.57 bits per heavy atom. The average molecular weight is 285 g/mol. The fraction of sp³-hybridized carbons (Fsp3) is 0.526. The fourth-order valence-corrected chi connectivity index (χ4v) is 2.87. The first-order chi connectivity index (χ1) is 10.3. The maximum atomic E-state index is 2.32. The Morgan fingerprint density at radius 1 is 0.905 bits per heavy atom. The monoisotopic (exact) mass is 285 g/mol. The van der Waals surface area contributed by atoms with Crippen molar-refractivity contribution in [1.29, 1.82) is 0 Å². The van der Waals surface area contributed by atoms with E-state index < -0.39 is 0 Å². The maximum absolute atomic E-state index is 2.32. The van der Waals surface area contributed by atoms with Gasteiger partial charge in [-0.25, -0.2) is 4.57 Å². The number of hydrogen-bond donors (Lipinski definition) is 0. The summed E-state index contributed by atoms with van der Waals surface area (Å²) in [6.45, 7) is 2.28. The van der Waals surface area contributed by atoms with E-state index in [-0.39, 0.29) is 0 Å². The van der Waals surface area contributed by atoms with Crippen molar-refractivity contribution in [3.63, 3.8) is 0 Å². The van der Waals surface area contributed by atoms with Gasteiger partial charge in [-0.05, 0) is 18.6 Å². The van der Waals surface area contributed by atoms with Gasteiger partial charge in [0, 0.05) is 6.42 Å². The molecule has 0 fully saturated rings. The number of rotatable bonds is 9. The Kier molecular flexibility index (Phi) is 6.52. The third kappa shape index (κ3) is 4.73. The Hall–Kier alpha value is -1.57. The summed E-state index contributed by atoms with van der Waals surface area (Å²) in [5.74, 6) is 1.40. The molecule has 1 heterocycles. The normalized spacial score (nSPS) is 11.0. The number of imidazole rings is 1. The quantitative estimate of drug-likeness (QED) is 0.470. The lowest BCUT2D eigenvalue weighted by molar-refractivity contribution is -0.678. The van der Waals surface area contributed by atoms with Crippen molar-refractivity contribution in [2.24, 2.45) is 7.05 Å². The predicted octanol–water partition coefficient (Wildman–Crippen LogP) is 4.59. The average Bonchev–Trinajstić information content (AvgIpc) is 2.88. The zero-order valence-corrected chi connectivity index (χ0v) is 13.6. The highest BCUT2D eigenvalue weighted by molar-refractivity contribution is 5.31. The molecule has 0 radical (unpaired) electrons. The molecule has 2 nitrogen and oxygen atoms in total. The van der Waals surface area contributed by atoms with Crippen LogP contribution < -0.4 is 4.57 Å². The first-order valence-electron chi connectivity index (χ1n) is 8.44.